The highest BCUT2D eigenvalue weighted by molar-refractivity contribution is 6.17. The maximum absolute atomic E-state index is 9.82. The van der Waals surface area contributed by atoms with Gasteiger partial charge < -0.3 is 15.9 Å². The molecular weight excluding hydrogens is 228 g/mol. The van der Waals surface area contributed by atoms with Crippen molar-refractivity contribution in [3.05, 3.63) is 29.3 Å². The molecule has 1 aromatic rings. The van der Waals surface area contributed by atoms with E-state index in [2.05, 4.69) is 0 Å². The molecule has 0 spiro atoms. The zero-order valence-electron chi connectivity index (χ0n) is 8.60. The monoisotopic (exact) mass is 240 g/mol. The van der Waals surface area contributed by atoms with E-state index in [9.17, 15) is 10.2 Å². The zero-order chi connectivity index (χ0) is 12.1. The molecule has 2 atom stereocenters. The van der Waals surface area contributed by atoms with E-state index in [-0.39, 0.29) is 12.3 Å². The maximum Gasteiger partial charge on any atom is 0.107 e. The van der Waals surface area contributed by atoms with E-state index < -0.39 is 12.2 Å². The van der Waals surface area contributed by atoms with Crippen LogP contribution in [0.3, 0.4) is 0 Å². The Morgan fingerprint density at radius 3 is 2.69 bits per heavy atom. The van der Waals surface area contributed by atoms with Crippen LogP contribution in [0.1, 0.15) is 23.7 Å². The Hall–Kier alpha value is -1.28. The first-order valence-electron chi connectivity index (χ1n) is 4.81. The minimum absolute atomic E-state index is 0.246. The number of nitrogen functional groups attached to an aromatic ring is 1. The second-order valence-electron chi connectivity index (χ2n) is 3.45. The minimum Gasteiger partial charge on any atom is -0.398 e. The van der Waals surface area contributed by atoms with Crippen molar-refractivity contribution in [3.8, 4) is 6.07 Å². The largest absolute Gasteiger partial charge is 0.398 e. The Labute approximate surface area is 98.9 Å². The number of hydrogen-bond donors (Lipinski definition) is 3. The molecule has 0 bridgehead atoms. The molecule has 16 heavy (non-hydrogen) atoms. The van der Waals surface area contributed by atoms with Crippen LogP contribution in [-0.4, -0.2) is 22.2 Å². The van der Waals surface area contributed by atoms with Crippen molar-refractivity contribution in [1.29, 1.82) is 5.26 Å². The van der Waals surface area contributed by atoms with Gasteiger partial charge in [0.1, 0.15) is 6.10 Å². The molecule has 0 radical (unpaired) electrons. The molecule has 2 unspecified atom stereocenters. The Morgan fingerprint density at radius 2 is 2.12 bits per heavy atom. The van der Waals surface area contributed by atoms with Crippen molar-refractivity contribution in [2.75, 3.05) is 11.6 Å². The summed E-state index contributed by atoms with van der Waals surface area (Å²) < 4.78 is 0. The average Bonchev–Trinajstić information content (AvgIpc) is 2.29. The molecule has 0 aliphatic rings. The third-order valence-corrected chi connectivity index (χ3v) is 2.52. The normalized spacial score (nSPS) is 14.1. The highest BCUT2D eigenvalue weighted by Gasteiger charge is 2.20. The fraction of sp³-hybridized carbons (Fsp3) is 0.364. The van der Waals surface area contributed by atoms with E-state index in [1.165, 1.54) is 12.1 Å². The summed E-state index contributed by atoms with van der Waals surface area (Å²) in [4.78, 5) is 0. The number of aliphatic hydroxyl groups is 2. The van der Waals surface area contributed by atoms with Crippen molar-refractivity contribution >= 4 is 17.3 Å². The van der Waals surface area contributed by atoms with Gasteiger partial charge in [-0.25, -0.2) is 0 Å². The molecule has 0 amide bonds. The molecule has 0 aliphatic carbocycles. The molecule has 0 saturated heterocycles. The summed E-state index contributed by atoms with van der Waals surface area (Å²) in [7, 11) is 0. The first-order chi connectivity index (χ1) is 7.60. The Kier molecular flexibility index (Phi) is 4.56. The predicted octanol–water partition coefficient (Wildman–Crippen LogP) is 1.16. The smallest absolute Gasteiger partial charge is 0.107 e. The molecule has 1 rings (SSSR count). The van der Waals surface area contributed by atoms with Gasteiger partial charge in [0.15, 0.2) is 0 Å². The first kappa shape index (κ1) is 12.8. The fourth-order valence-corrected chi connectivity index (χ4v) is 1.60. The molecule has 86 valence electrons. The lowest BCUT2D eigenvalue weighted by molar-refractivity contribution is 0.0174. The lowest BCUT2D eigenvalue weighted by Crippen LogP contribution is -2.19. The Bertz CT molecular complexity index is 403. The van der Waals surface area contributed by atoms with Crippen LogP contribution in [0.15, 0.2) is 18.2 Å². The molecule has 0 fully saturated rings. The van der Waals surface area contributed by atoms with Gasteiger partial charge in [-0.3, -0.25) is 0 Å². The van der Waals surface area contributed by atoms with Crippen LogP contribution >= 0.6 is 11.6 Å². The molecule has 0 heterocycles. The number of alkyl halides is 1. The summed E-state index contributed by atoms with van der Waals surface area (Å²) in [5.41, 5.74) is 6.76. The van der Waals surface area contributed by atoms with E-state index in [4.69, 9.17) is 22.6 Å². The highest BCUT2D eigenvalue weighted by Crippen LogP contribution is 2.25. The van der Waals surface area contributed by atoms with Crippen LogP contribution in [0.4, 0.5) is 5.69 Å². The number of nitriles is 1. The molecular formula is C11H13ClN2O2. The van der Waals surface area contributed by atoms with Gasteiger partial charge in [-0.2, -0.15) is 5.26 Å². The molecule has 0 aliphatic heterocycles. The number of nitrogens with two attached hydrogens (primary N) is 1. The van der Waals surface area contributed by atoms with Gasteiger partial charge in [-0.05, 0) is 24.6 Å². The standard InChI is InChI=1S/C11H13ClN2O2/c12-4-3-10(15)11(16)8-5-7(6-13)1-2-9(8)14/h1-2,5,10-11,15-16H,3-4,14H2. The van der Waals surface area contributed by atoms with Crippen LogP contribution in [-0.2, 0) is 0 Å². The van der Waals surface area contributed by atoms with Crippen molar-refractivity contribution < 1.29 is 10.2 Å². The van der Waals surface area contributed by atoms with Crippen molar-refractivity contribution in [2.24, 2.45) is 0 Å². The second kappa shape index (κ2) is 5.71. The second-order valence-corrected chi connectivity index (χ2v) is 3.82. The van der Waals surface area contributed by atoms with Crippen LogP contribution in [0.2, 0.25) is 0 Å². The van der Waals surface area contributed by atoms with Gasteiger partial charge in [-0.15, -0.1) is 11.6 Å². The van der Waals surface area contributed by atoms with E-state index in [1.807, 2.05) is 6.07 Å². The summed E-state index contributed by atoms with van der Waals surface area (Å²) in [5, 5.41) is 28.1. The summed E-state index contributed by atoms with van der Waals surface area (Å²) in [6.45, 7) is 0. The van der Waals surface area contributed by atoms with Crippen molar-refractivity contribution in [1.82, 2.24) is 0 Å². The van der Waals surface area contributed by atoms with Crippen LogP contribution in [0.5, 0.6) is 0 Å². The van der Waals surface area contributed by atoms with E-state index in [1.54, 1.807) is 6.07 Å². The molecule has 4 N–H and O–H groups in total. The van der Waals surface area contributed by atoms with Gasteiger partial charge in [0.25, 0.3) is 0 Å². The van der Waals surface area contributed by atoms with Gasteiger partial charge >= 0.3 is 0 Å². The van der Waals surface area contributed by atoms with Crippen LogP contribution in [0, 0.1) is 11.3 Å². The highest BCUT2D eigenvalue weighted by atomic mass is 35.5. The lowest BCUT2D eigenvalue weighted by atomic mass is 9.99. The van der Waals surface area contributed by atoms with E-state index >= 15 is 0 Å². The summed E-state index contributed by atoms with van der Waals surface area (Å²) in [5.74, 6) is 0.246. The third-order valence-electron chi connectivity index (χ3n) is 2.30. The quantitative estimate of drug-likeness (QED) is 0.544. The molecule has 5 heteroatoms. The SMILES string of the molecule is N#Cc1ccc(N)c(C(O)C(O)CCCl)c1. The number of benzene rings is 1. The minimum atomic E-state index is -1.12. The van der Waals surface area contributed by atoms with Crippen LogP contribution < -0.4 is 5.73 Å². The summed E-state index contributed by atoms with van der Waals surface area (Å²) in [6.07, 6.45) is -1.83. The van der Waals surface area contributed by atoms with E-state index in [0.717, 1.165) is 0 Å². The molecule has 0 aromatic heterocycles. The van der Waals surface area contributed by atoms with Crippen molar-refractivity contribution in [2.45, 2.75) is 18.6 Å². The first-order valence-corrected chi connectivity index (χ1v) is 5.35. The zero-order valence-corrected chi connectivity index (χ0v) is 9.35. The average molecular weight is 241 g/mol. The number of nitrogens with zero attached hydrogens (tertiary/aromatic N) is 1. The van der Waals surface area contributed by atoms with Gasteiger partial charge in [0, 0.05) is 17.1 Å². The summed E-state index contributed by atoms with van der Waals surface area (Å²) in [6, 6.07) is 6.50. The number of anilines is 1. The van der Waals surface area contributed by atoms with Gasteiger partial charge in [0.2, 0.25) is 0 Å². The van der Waals surface area contributed by atoms with Gasteiger partial charge in [-0.1, -0.05) is 0 Å². The predicted molar refractivity (Wildman–Crippen MR) is 61.9 cm³/mol. The number of rotatable bonds is 4. The third kappa shape index (κ3) is 2.86. The maximum atomic E-state index is 9.82. The van der Waals surface area contributed by atoms with Crippen molar-refractivity contribution in [3.63, 3.8) is 0 Å². The molecule has 1 aromatic carbocycles. The number of aliphatic hydroxyl groups excluding tert-OH is 2. The van der Waals surface area contributed by atoms with Gasteiger partial charge in [0.05, 0.1) is 17.7 Å². The number of hydrogen-bond acceptors (Lipinski definition) is 4. The number of halogens is 1. The summed E-state index contributed by atoms with van der Waals surface area (Å²) >= 11 is 5.47. The Morgan fingerprint density at radius 1 is 1.44 bits per heavy atom. The topological polar surface area (TPSA) is 90.3 Å². The lowest BCUT2D eigenvalue weighted by Gasteiger charge is -2.18. The molecule has 4 nitrogen and oxygen atoms in total. The molecule has 0 saturated carbocycles. The Balaban J connectivity index is 2.98. The fourth-order valence-electron chi connectivity index (χ4n) is 1.38. The van der Waals surface area contributed by atoms with E-state index in [0.29, 0.717) is 16.8 Å². The van der Waals surface area contributed by atoms with Crippen LogP contribution in [0.25, 0.3) is 0 Å².